The Balaban J connectivity index is 1.42. The Labute approximate surface area is 167 Å². The summed E-state index contributed by atoms with van der Waals surface area (Å²) in [6.45, 7) is 5.76. The van der Waals surface area contributed by atoms with Crippen LogP contribution in [0.5, 0.6) is 11.5 Å². The summed E-state index contributed by atoms with van der Waals surface area (Å²) in [5.74, 6) is 0.881. The van der Waals surface area contributed by atoms with Crippen LogP contribution < -0.4 is 19.7 Å². The number of hydrogen-bond donors (Lipinski definition) is 1. The van der Waals surface area contributed by atoms with Gasteiger partial charge in [-0.2, -0.15) is 0 Å². The molecule has 3 rings (SSSR count). The van der Waals surface area contributed by atoms with E-state index in [4.69, 9.17) is 9.47 Å². The first kappa shape index (κ1) is 20.0. The molecule has 1 N–H and O–H groups in total. The van der Waals surface area contributed by atoms with Crippen LogP contribution >= 0.6 is 0 Å². The Kier molecular flexibility index (Phi) is 7.14. The van der Waals surface area contributed by atoms with Gasteiger partial charge in [0.25, 0.3) is 5.91 Å². The van der Waals surface area contributed by atoms with E-state index in [-0.39, 0.29) is 5.91 Å². The van der Waals surface area contributed by atoms with Crippen LogP contribution in [0, 0.1) is 0 Å². The van der Waals surface area contributed by atoms with E-state index in [1.54, 1.807) is 26.4 Å². The Morgan fingerprint density at radius 3 is 2.18 bits per heavy atom. The fraction of sp³-hybridized carbons (Fsp3) is 0.409. The maximum absolute atomic E-state index is 12.6. The average Bonchev–Trinajstić information content (AvgIpc) is 2.77. The third-order valence-electron chi connectivity index (χ3n) is 5.09. The van der Waals surface area contributed by atoms with Gasteiger partial charge in [-0.15, -0.1) is 0 Å². The molecule has 2 aromatic carbocycles. The molecule has 0 aliphatic carbocycles. The molecule has 6 heteroatoms. The number of nitrogens with zero attached hydrogens (tertiary/aromatic N) is 2. The number of ether oxygens (including phenoxy) is 2. The molecule has 0 spiro atoms. The normalized spacial score (nSPS) is 14.6. The van der Waals surface area contributed by atoms with Crippen molar-refractivity contribution < 1.29 is 14.3 Å². The van der Waals surface area contributed by atoms with Gasteiger partial charge in [0.2, 0.25) is 0 Å². The molecule has 1 aliphatic heterocycles. The van der Waals surface area contributed by atoms with E-state index in [0.717, 1.165) is 39.1 Å². The predicted molar refractivity (Wildman–Crippen MR) is 112 cm³/mol. The number of rotatable bonds is 8. The molecule has 1 heterocycles. The Hall–Kier alpha value is -2.73. The lowest BCUT2D eigenvalue weighted by molar-refractivity contribution is 0.0945. The lowest BCUT2D eigenvalue weighted by Crippen LogP contribution is -2.47. The lowest BCUT2D eigenvalue weighted by Gasteiger charge is -2.36. The summed E-state index contributed by atoms with van der Waals surface area (Å²) < 4.78 is 10.6. The topological polar surface area (TPSA) is 54.0 Å². The zero-order chi connectivity index (χ0) is 19.8. The monoisotopic (exact) mass is 383 g/mol. The van der Waals surface area contributed by atoms with Crippen molar-refractivity contribution in [2.75, 3.05) is 58.4 Å². The van der Waals surface area contributed by atoms with Gasteiger partial charge < -0.3 is 19.7 Å². The Morgan fingerprint density at radius 1 is 0.929 bits per heavy atom. The minimum atomic E-state index is -0.164. The van der Waals surface area contributed by atoms with E-state index in [1.807, 2.05) is 6.07 Å². The number of carbonyl (C=O) groups excluding carboxylic acids is 1. The second-order valence-corrected chi connectivity index (χ2v) is 6.81. The highest BCUT2D eigenvalue weighted by Crippen LogP contribution is 2.27. The average molecular weight is 383 g/mol. The van der Waals surface area contributed by atoms with Crippen LogP contribution in [0.25, 0.3) is 0 Å². The number of amides is 1. The maximum atomic E-state index is 12.6. The number of piperazine rings is 1. The van der Waals surface area contributed by atoms with Gasteiger partial charge in [-0.25, -0.2) is 0 Å². The van der Waals surface area contributed by atoms with Gasteiger partial charge in [-0.05, 0) is 37.2 Å². The molecule has 150 valence electrons. The summed E-state index contributed by atoms with van der Waals surface area (Å²) in [5.41, 5.74) is 1.74. The van der Waals surface area contributed by atoms with Gasteiger partial charge in [-0.1, -0.05) is 24.3 Å². The molecule has 28 heavy (non-hydrogen) atoms. The van der Waals surface area contributed by atoms with Crippen LogP contribution in [0.4, 0.5) is 5.69 Å². The molecule has 0 bridgehead atoms. The van der Waals surface area contributed by atoms with Gasteiger partial charge in [0, 0.05) is 38.4 Å². The van der Waals surface area contributed by atoms with Crippen molar-refractivity contribution in [3.05, 3.63) is 54.1 Å². The van der Waals surface area contributed by atoms with Gasteiger partial charge in [-0.3, -0.25) is 9.69 Å². The van der Waals surface area contributed by atoms with Crippen molar-refractivity contribution >= 4 is 11.6 Å². The molecule has 0 radical (unpaired) electrons. The molecular formula is C22H29N3O3. The molecule has 2 aromatic rings. The predicted octanol–water partition coefficient (Wildman–Crippen LogP) is 2.65. The van der Waals surface area contributed by atoms with Crippen LogP contribution in [0.2, 0.25) is 0 Å². The van der Waals surface area contributed by atoms with Gasteiger partial charge in [0.15, 0.2) is 0 Å². The summed E-state index contributed by atoms with van der Waals surface area (Å²) in [6.07, 6.45) is 0.911. The molecule has 0 unspecified atom stereocenters. The summed E-state index contributed by atoms with van der Waals surface area (Å²) in [4.78, 5) is 17.4. The van der Waals surface area contributed by atoms with E-state index in [1.165, 1.54) is 5.69 Å². The lowest BCUT2D eigenvalue weighted by atomic mass is 10.1. The Bertz CT molecular complexity index is 737. The summed E-state index contributed by atoms with van der Waals surface area (Å²) in [6, 6.07) is 15.9. The molecule has 0 saturated carbocycles. The number of methoxy groups -OCH3 is 2. The third kappa shape index (κ3) is 4.95. The van der Waals surface area contributed by atoms with Crippen LogP contribution in [0.15, 0.2) is 48.5 Å². The molecule has 1 amide bonds. The number of hydrogen-bond acceptors (Lipinski definition) is 5. The Morgan fingerprint density at radius 2 is 1.57 bits per heavy atom. The SMILES string of the molecule is COc1cccc(OC)c1C(=O)NCCCN1CCN(c2ccccc2)CC1. The van der Waals surface area contributed by atoms with Crippen LogP contribution in [-0.2, 0) is 0 Å². The molecule has 0 aromatic heterocycles. The maximum Gasteiger partial charge on any atom is 0.258 e. The van der Waals surface area contributed by atoms with Crippen LogP contribution in [-0.4, -0.2) is 64.3 Å². The minimum absolute atomic E-state index is 0.164. The second-order valence-electron chi connectivity index (χ2n) is 6.81. The van der Waals surface area contributed by atoms with Crippen molar-refractivity contribution in [2.45, 2.75) is 6.42 Å². The molecule has 1 saturated heterocycles. The number of carbonyl (C=O) groups is 1. The van der Waals surface area contributed by atoms with Gasteiger partial charge in [0.05, 0.1) is 14.2 Å². The highest BCUT2D eigenvalue weighted by molar-refractivity contribution is 5.99. The standard InChI is InChI=1S/C22H29N3O3/c1-27-19-10-6-11-20(28-2)21(19)22(26)23-12-7-13-24-14-16-25(17-15-24)18-8-4-3-5-9-18/h3-6,8-11H,7,12-17H2,1-2H3,(H,23,26). The summed E-state index contributed by atoms with van der Waals surface area (Å²) in [5, 5.41) is 2.99. The fourth-order valence-corrected chi connectivity index (χ4v) is 3.54. The van der Waals surface area contributed by atoms with E-state index < -0.39 is 0 Å². The summed E-state index contributed by atoms with van der Waals surface area (Å²) in [7, 11) is 3.11. The van der Waals surface area contributed by atoms with E-state index in [9.17, 15) is 4.79 Å². The van der Waals surface area contributed by atoms with E-state index >= 15 is 0 Å². The van der Waals surface area contributed by atoms with Crippen molar-refractivity contribution in [2.24, 2.45) is 0 Å². The molecular weight excluding hydrogens is 354 g/mol. The minimum Gasteiger partial charge on any atom is -0.496 e. The van der Waals surface area contributed by atoms with E-state index in [0.29, 0.717) is 23.6 Å². The highest BCUT2D eigenvalue weighted by Gasteiger charge is 2.19. The smallest absolute Gasteiger partial charge is 0.258 e. The first-order valence-electron chi connectivity index (χ1n) is 9.74. The van der Waals surface area contributed by atoms with Crippen molar-refractivity contribution in [3.63, 3.8) is 0 Å². The van der Waals surface area contributed by atoms with Crippen molar-refractivity contribution in [1.29, 1.82) is 0 Å². The molecule has 1 fully saturated rings. The molecule has 6 nitrogen and oxygen atoms in total. The number of benzene rings is 2. The second kappa shape index (κ2) is 9.99. The first-order valence-corrected chi connectivity index (χ1v) is 9.74. The van der Waals surface area contributed by atoms with Crippen LogP contribution in [0.1, 0.15) is 16.8 Å². The first-order chi connectivity index (χ1) is 13.7. The zero-order valence-corrected chi connectivity index (χ0v) is 16.7. The largest absolute Gasteiger partial charge is 0.496 e. The number of anilines is 1. The fourth-order valence-electron chi connectivity index (χ4n) is 3.54. The van der Waals surface area contributed by atoms with Crippen molar-refractivity contribution in [1.82, 2.24) is 10.2 Å². The van der Waals surface area contributed by atoms with Crippen molar-refractivity contribution in [3.8, 4) is 11.5 Å². The number of para-hydroxylation sites is 1. The quantitative estimate of drug-likeness (QED) is 0.711. The molecule has 0 atom stereocenters. The highest BCUT2D eigenvalue weighted by atomic mass is 16.5. The van der Waals surface area contributed by atoms with E-state index in [2.05, 4.69) is 45.4 Å². The molecule has 1 aliphatic rings. The van der Waals surface area contributed by atoms with Gasteiger partial charge >= 0.3 is 0 Å². The summed E-state index contributed by atoms with van der Waals surface area (Å²) >= 11 is 0. The van der Waals surface area contributed by atoms with Crippen LogP contribution in [0.3, 0.4) is 0 Å². The number of nitrogens with one attached hydrogen (secondary N) is 1. The zero-order valence-electron chi connectivity index (χ0n) is 16.7. The third-order valence-corrected chi connectivity index (χ3v) is 5.09. The van der Waals surface area contributed by atoms with Gasteiger partial charge in [0.1, 0.15) is 17.1 Å².